The van der Waals surface area contributed by atoms with Gasteiger partial charge in [0.05, 0.1) is 23.8 Å². The van der Waals surface area contributed by atoms with E-state index in [9.17, 15) is 9.90 Å². The van der Waals surface area contributed by atoms with Gasteiger partial charge in [-0.05, 0) is 45.9 Å². The largest absolute Gasteiger partial charge is 0.492 e. The molecular weight excluding hydrogens is 292 g/mol. The number of aliphatic hydroxyl groups is 1. The number of rotatable bonds is 6. The average Bonchev–Trinajstić information content (AvgIpc) is 2.38. The number of urea groups is 1. The lowest BCUT2D eigenvalue weighted by molar-refractivity contribution is 0.0501. The van der Waals surface area contributed by atoms with E-state index in [1.165, 1.54) is 4.90 Å². The minimum atomic E-state index is -0.941. The van der Waals surface area contributed by atoms with E-state index in [2.05, 4.69) is 5.32 Å². The number of amides is 2. The quantitative estimate of drug-likeness (QED) is 0.846. The van der Waals surface area contributed by atoms with Crippen LogP contribution in [0.4, 0.5) is 10.5 Å². The van der Waals surface area contributed by atoms with Gasteiger partial charge in [-0.2, -0.15) is 0 Å². The summed E-state index contributed by atoms with van der Waals surface area (Å²) in [6.45, 7) is 8.34. The highest BCUT2D eigenvalue weighted by Gasteiger charge is 2.21. The van der Waals surface area contributed by atoms with Crippen LogP contribution in [0.15, 0.2) is 18.2 Å². The zero-order valence-corrected chi connectivity index (χ0v) is 13.7. The van der Waals surface area contributed by atoms with Crippen LogP contribution >= 0.6 is 11.6 Å². The third-order valence-electron chi connectivity index (χ3n) is 2.73. The van der Waals surface area contributed by atoms with E-state index in [4.69, 9.17) is 16.3 Å². The number of nitrogens with zero attached hydrogens (tertiary/aromatic N) is 1. The molecule has 0 saturated heterocycles. The first-order chi connectivity index (χ1) is 9.76. The summed E-state index contributed by atoms with van der Waals surface area (Å²) in [7, 11) is 0. The van der Waals surface area contributed by atoms with Gasteiger partial charge >= 0.3 is 6.03 Å². The van der Waals surface area contributed by atoms with E-state index < -0.39 is 5.60 Å². The number of nitrogens with one attached hydrogen (secondary N) is 1. The van der Waals surface area contributed by atoms with Crippen molar-refractivity contribution in [2.24, 2.45) is 0 Å². The van der Waals surface area contributed by atoms with Crippen molar-refractivity contribution in [1.29, 1.82) is 0 Å². The van der Waals surface area contributed by atoms with Crippen LogP contribution in [0.5, 0.6) is 5.75 Å². The van der Waals surface area contributed by atoms with Crippen molar-refractivity contribution in [2.75, 3.05) is 25.0 Å². The lowest BCUT2D eigenvalue weighted by Crippen LogP contribution is -2.44. The normalized spacial score (nSPS) is 11.1. The monoisotopic (exact) mass is 314 g/mol. The van der Waals surface area contributed by atoms with E-state index in [0.29, 0.717) is 29.6 Å². The summed E-state index contributed by atoms with van der Waals surface area (Å²) in [4.78, 5) is 13.7. The first-order valence-electron chi connectivity index (χ1n) is 6.97. The summed E-state index contributed by atoms with van der Waals surface area (Å²) >= 11 is 6.08. The van der Waals surface area contributed by atoms with E-state index in [1.54, 1.807) is 32.0 Å². The summed E-state index contributed by atoms with van der Waals surface area (Å²) in [6.07, 6.45) is 0. The van der Waals surface area contributed by atoms with Gasteiger partial charge in [-0.1, -0.05) is 11.6 Å². The molecule has 5 nitrogen and oxygen atoms in total. The fraction of sp³-hybridized carbons (Fsp3) is 0.533. The summed E-state index contributed by atoms with van der Waals surface area (Å²) < 4.78 is 5.34. The van der Waals surface area contributed by atoms with Gasteiger partial charge in [-0.3, -0.25) is 0 Å². The van der Waals surface area contributed by atoms with Crippen LogP contribution in [0.25, 0.3) is 0 Å². The van der Waals surface area contributed by atoms with Gasteiger partial charge in [-0.15, -0.1) is 0 Å². The fourth-order valence-electron chi connectivity index (χ4n) is 1.85. The number of benzene rings is 1. The van der Waals surface area contributed by atoms with Crippen molar-refractivity contribution < 1.29 is 14.6 Å². The molecule has 0 aliphatic carbocycles. The molecule has 0 saturated carbocycles. The van der Waals surface area contributed by atoms with Crippen LogP contribution in [-0.4, -0.2) is 41.3 Å². The Bertz CT molecular complexity index is 486. The van der Waals surface area contributed by atoms with Crippen LogP contribution in [0, 0.1) is 0 Å². The Balaban J connectivity index is 2.75. The molecule has 0 spiro atoms. The third kappa shape index (κ3) is 5.81. The number of carbonyl (C=O) groups is 1. The molecule has 118 valence electrons. The molecule has 0 atom stereocenters. The Morgan fingerprint density at radius 3 is 2.57 bits per heavy atom. The van der Waals surface area contributed by atoms with Gasteiger partial charge < -0.3 is 20.1 Å². The molecule has 1 rings (SSSR count). The molecule has 1 aromatic carbocycles. The molecule has 0 bridgehead atoms. The summed E-state index contributed by atoms with van der Waals surface area (Å²) in [6, 6.07) is 4.81. The molecule has 0 aliphatic heterocycles. The average molecular weight is 315 g/mol. The zero-order chi connectivity index (χ0) is 16.0. The van der Waals surface area contributed by atoms with E-state index >= 15 is 0 Å². The summed E-state index contributed by atoms with van der Waals surface area (Å²) in [5.74, 6) is 0.584. The number of hydrogen-bond donors (Lipinski definition) is 2. The highest BCUT2D eigenvalue weighted by molar-refractivity contribution is 6.32. The Morgan fingerprint density at radius 2 is 2.10 bits per heavy atom. The molecular formula is C15H23ClN2O3. The Hall–Kier alpha value is -1.46. The van der Waals surface area contributed by atoms with Crippen molar-refractivity contribution in [3.05, 3.63) is 23.2 Å². The first-order valence-corrected chi connectivity index (χ1v) is 7.35. The molecule has 0 aromatic heterocycles. The minimum Gasteiger partial charge on any atom is -0.492 e. The molecule has 0 heterocycles. The number of ether oxygens (including phenoxy) is 1. The molecule has 6 heteroatoms. The second-order valence-electron chi connectivity index (χ2n) is 5.33. The number of hydrogen-bond acceptors (Lipinski definition) is 3. The predicted octanol–water partition coefficient (Wildman–Crippen LogP) is 3.36. The molecule has 0 radical (unpaired) electrons. The second-order valence-corrected chi connectivity index (χ2v) is 5.74. The number of carbonyl (C=O) groups excluding carboxylic acids is 1. The van der Waals surface area contributed by atoms with Crippen molar-refractivity contribution in [3.63, 3.8) is 0 Å². The highest BCUT2D eigenvalue weighted by atomic mass is 35.5. The van der Waals surface area contributed by atoms with Gasteiger partial charge in [-0.25, -0.2) is 4.79 Å². The molecule has 21 heavy (non-hydrogen) atoms. The highest BCUT2D eigenvalue weighted by Crippen LogP contribution is 2.27. The van der Waals surface area contributed by atoms with E-state index in [1.807, 2.05) is 13.8 Å². The summed E-state index contributed by atoms with van der Waals surface area (Å²) in [5.41, 5.74) is -0.355. The van der Waals surface area contributed by atoms with Gasteiger partial charge in [0, 0.05) is 12.2 Å². The van der Waals surface area contributed by atoms with Crippen LogP contribution in [0.2, 0.25) is 5.02 Å². The second kappa shape index (κ2) is 7.52. The maximum Gasteiger partial charge on any atom is 0.321 e. The molecule has 0 unspecified atom stereocenters. The Kier molecular flexibility index (Phi) is 6.30. The van der Waals surface area contributed by atoms with Crippen molar-refractivity contribution in [2.45, 2.75) is 33.3 Å². The molecule has 0 aliphatic rings. The Morgan fingerprint density at radius 1 is 1.43 bits per heavy atom. The van der Waals surface area contributed by atoms with Crippen molar-refractivity contribution >= 4 is 23.3 Å². The predicted molar refractivity (Wildman–Crippen MR) is 85.2 cm³/mol. The molecule has 2 amide bonds. The SMILES string of the molecule is CCOc1ccc(NC(=O)N(CC)CC(C)(C)O)cc1Cl. The van der Waals surface area contributed by atoms with Crippen LogP contribution < -0.4 is 10.1 Å². The Labute approximate surface area is 130 Å². The zero-order valence-electron chi connectivity index (χ0n) is 12.9. The maximum atomic E-state index is 12.2. The maximum absolute atomic E-state index is 12.2. The number of anilines is 1. The van der Waals surface area contributed by atoms with Crippen molar-refractivity contribution in [3.8, 4) is 5.75 Å². The summed E-state index contributed by atoms with van der Waals surface area (Å²) in [5, 5.41) is 13.0. The van der Waals surface area contributed by atoms with E-state index in [-0.39, 0.29) is 12.6 Å². The lowest BCUT2D eigenvalue weighted by Gasteiger charge is -2.28. The standard InChI is InChI=1S/C15H23ClN2O3/c1-5-18(10-15(3,4)20)14(19)17-11-7-8-13(21-6-2)12(16)9-11/h7-9,20H,5-6,10H2,1-4H3,(H,17,19). The van der Waals surface area contributed by atoms with Gasteiger partial charge in [0.25, 0.3) is 0 Å². The van der Waals surface area contributed by atoms with Gasteiger partial charge in [0.15, 0.2) is 0 Å². The van der Waals surface area contributed by atoms with Gasteiger partial charge in [0.2, 0.25) is 0 Å². The number of likely N-dealkylation sites (N-methyl/N-ethyl adjacent to an activating group) is 1. The number of halogens is 1. The van der Waals surface area contributed by atoms with Gasteiger partial charge in [0.1, 0.15) is 5.75 Å². The minimum absolute atomic E-state index is 0.250. The van der Waals surface area contributed by atoms with Crippen LogP contribution in [-0.2, 0) is 0 Å². The topological polar surface area (TPSA) is 61.8 Å². The lowest BCUT2D eigenvalue weighted by atomic mass is 10.1. The first kappa shape index (κ1) is 17.6. The van der Waals surface area contributed by atoms with E-state index in [0.717, 1.165) is 0 Å². The molecule has 1 aromatic rings. The molecule has 0 fully saturated rings. The van der Waals surface area contributed by atoms with Crippen LogP contribution in [0.3, 0.4) is 0 Å². The molecule has 2 N–H and O–H groups in total. The third-order valence-corrected chi connectivity index (χ3v) is 3.03. The smallest absolute Gasteiger partial charge is 0.321 e. The van der Waals surface area contributed by atoms with Crippen LogP contribution in [0.1, 0.15) is 27.7 Å². The van der Waals surface area contributed by atoms with Crippen molar-refractivity contribution in [1.82, 2.24) is 4.90 Å². The fourth-order valence-corrected chi connectivity index (χ4v) is 2.08.